The number of rotatable bonds is 23. The molecule has 0 atom stereocenters. The number of benzene rings is 5. The second-order valence-corrected chi connectivity index (χ2v) is 15.9. The van der Waals surface area contributed by atoms with E-state index in [-0.39, 0.29) is 0 Å². The van der Waals surface area contributed by atoms with Crippen molar-refractivity contribution in [1.82, 2.24) is 0 Å². The van der Waals surface area contributed by atoms with Crippen LogP contribution in [0.15, 0.2) is 97.1 Å². The molecule has 57 heavy (non-hydrogen) atoms. The molecule has 2 nitrogen and oxygen atoms in total. The summed E-state index contributed by atoms with van der Waals surface area (Å²) in [6.07, 6.45) is 27.4. The average molecular weight is 755 g/mol. The van der Waals surface area contributed by atoms with Crippen molar-refractivity contribution in [2.45, 2.75) is 142 Å². The van der Waals surface area contributed by atoms with Crippen LogP contribution < -0.4 is 4.90 Å². The van der Waals surface area contributed by atoms with Crippen LogP contribution in [0.4, 0.5) is 5.69 Å². The summed E-state index contributed by atoms with van der Waals surface area (Å²) >= 11 is 0. The standard InChI is InChI=1S/C55H66N2/c1-3-5-7-9-11-13-15-17-19-25-43-57(44-26-20-18-16-14-12-10-8-6-4-2)49-39-35-47(36-40-49)38-42-55-52-29-23-21-27-50(52)54(51-28-22-24-30-53(51)55)41-37-46-31-33-48(45-56)34-32-46/h21-24,27-36,39-40H,3-20,25-26,43-44H2,1-2H3. The number of unbranched alkanes of at least 4 members (excludes halogenated alkanes) is 18. The third-order valence-corrected chi connectivity index (χ3v) is 11.4. The summed E-state index contributed by atoms with van der Waals surface area (Å²) in [6, 6.07) is 35.7. The predicted molar refractivity (Wildman–Crippen MR) is 247 cm³/mol. The predicted octanol–water partition coefficient (Wildman–Crippen LogP) is 15.3. The van der Waals surface area contributed by atoms with Crippen LogP contribution in [-0.4, -0.2) is 13.1 Å². The second-order valence-electron chi connectivity index (χ2n) is 15.9. The van der Waals surface area contributed by atoms with Crippen molar-refractivity contribution in [3.8, 4) is 29.8 Å². The van der Waals surface area contributed by atoms with Crippen molar-refractivity contribution in [2.75, 3.05) is 18.0 Å². The van der Waals surface area contributed by atoms with E-state index in [1.54, 1.807) is 0 Å². The first-order valence-corrected chi connectivity index (χ1v) is 22.5. The van der Waals surface area contributed by atoms with Gasteiger partial charge in [-0.2, -0.15) is 5.26 Å². The molecule has 0 aliphatic rings. The summed E-state index contributed by atoms with van der Waals surface area (Å²) in [5.41, 5.74) is 5.94. The highest BCUT2D eigenvalue weighted by molar-refractivity contribution is 6.09. The first-order valence-electron chi connectivity index (χ1n) is 22.5. The summed E-state index contributed by atoms with van der Waals surface area (Å²) in [6.45, 7) is 6.87. The van der Waals surface area contributed by atoms with Crippen LogP contribution in [0.25, 0.3) is 21.5 Å². The van der Waals surface area contributed by atoms with Crippen molar-refractivity contribution >= 4 is 27.2 Å². The molecule has 0 fully saturated rings. The van der Waals surface area contributed by atoms with Crippen LogP contribution in [-0.2, 0) is 0 Å². The lowest BCUT2D eigenvalue weighted by Crippen LogP contribution is -2.25. The van der Waals surface area contributed by atoms with Crippen LogP contribution in [0, 0.1) is 35.0 Å². The topological polar surface area (TPSA) is 27.0 Å². The van der Waals surface area contributed by atoms with E-state index in [1.165, 1.54) is 134 Å². The third kappa shape index (κ3) is 14.2. The van der Waals surface area contributed by atoms with Gasteiger partial charge in [0.15, 0.2) is 0 Å². The normalized spacial score (nSPS) is 10.8. The molecule has 5 rings (SSSR count). The maximum absolute atomic E-state index is 9.21. The quantitative estimate of drug-likeness (QED) is 0.0377. The molecule has 0 amide bonds. The molecule has 0 radical (unpaired) electrons. The van der Waals surface area contributed by atoms with Gasteiger partial charge in [-0.15, -0.1) is 0 Å². The van der Waals surface area contributed by atoms with Gasteiger partial charge in [0.25, 0.3) is 0 Å². The molecule has 296 valence electrons. The molecular formula is C55H66N2. The molecule has 0 spiro atoms. The molecule has 0 unspecified atom stereocenters. The Morgan fingerprint density at radius 2 is 0.684 bits per heavy atom. The van der Waals surface area contributed by atoms with Crippen molar-refractivity contribution in [3.63, 3.8) is 0 Å². The van der Waals surface area contributed by atoms with E-state index in [0.29, 0.717) is 5.56 Å². The molecular weight excluding hydrogens is 689 g/mol. The molecule has 5 aromatic carbocycles. The highest BCUT2D eigenvalue weighted by Crippen LogP contribution is 2.32. The van der Waals surface area contributed by atoms with Crippen molar-refractivity contribution < 1.29 is 0 Å². The molecule has 0 saturated carbocycles. The smallest absolute Gasteiger partial charge is 0.0991 e. The van der Waals surface area contributed by atoms with Gasteiger partial charge in [-0.25, -0.2) is 0 Å². The van der Waals surface area contributed by atoms with E-state index >= 15 is 0 Å². The Hall–Kier alpha value is -4.97. The monoisotopic (exact) mass is 755 g/mol. The fraction of sp³-hybridized carbons (Fsp3) is 0.436. The van der Waals surface area contributed by atoms with Crippen molar-refractivity contribution in [2.24, 2.45) is 0 Å². The number of hydrogen-bond acceptors (Lipinski definition) is 2. The minimum absolute atomic E-state index is 0.639. The van der Waals surface area contributed by atoms with E-state index in [4.69, 9.17) is 0 Å². The van der Waals surface area contributed by atoms with E-state index < -0.39 is 0 Å². The summed E-state index contributed by atoms with van der Waals surface area (Å²) in [7, 11) is 0. The summed E-state index contributed by atoms with van der Waals surface area (Å²) in [5, 5.41) is 13.6. The lowest BCUT2D eigenvalue weighted by molar-refractivity contribution is 0.543. The molecule has 0 aromatic heterocycles. The van der Waals surface area contributed by atoms with Gasteiger partial charge in [-0.05, 0) is 82.9 Å². The third-order valence-electron chi connectivity index (χ3n) is 11.4. The molecule has 0 N–H and O–H groups in total. The van der Waals surface area contributed by atoms with Gasteiger partial charge in [0.2, 0.25) is 0 Å². The molecule has 0 aliphatic carbocycles. The van der Waals surface area contributed by atoms with Crippen LogP contribution in [0.3, 0.4) is 0 Å². The van der Waals surface area contributed by atoms with E-state index in [0.717, 1.165) is 56.9 Å². The number of nitrogens with zero attached hydrogens (tertiary/aromatic N) is 2. The van der Waals surface area contributed by atoms with Gasteiger partial charge in [-0.1, -0.05) is 202 Å². The molecule has 5 aromatic rings. The van der Waals surface area contributed by atoms with E-state index in [1.807, 2.05) is 24.3 Å². The maximum Gasteiger partial charge on any atom is 0.0991 e. The first kappa shape index (κ1) is 43.2. The second kappa shape index (κ2) is 25.3. The fourth-order valence-corrected chi connectivity index (χ4v) is 8.00. The fourth-order valence-electron chi connectivity index (χ4n) is 8.00. The van der Waals surface area contributed by atoms with E-state index in [9.17, 15) is 5.26 Å². The number of fused-ring (bicyclic) bond motifs is 2. The first-order chi connectivity index (χ1) is 28.2. The number of nitriles is 1. The average Bonchev–Trinajstić information content (AvgIpc) is 3.25. The zero-order valence-electron chi connectivity index (χ0n) is 35.2. The van der Waals surface area contributed by atoms with Crippen LogP contribution in [0.5, 0.6) is 0 Å². The Kier molecular flexibility index (Phi) is 19.2. The van der Waals surface area contributed by atoms with Gasteiger partial charge in [0.05, 0.1) is 11.6 Å². The summed E-state index contributed by atoms with van der Waals surface area (Å²) in [4.78, 5) is 2.64. The molecule has 0 saturated heterocycles. The van der Waals surface area contributed by atoms with Crippen LogP contribution in [0.1, 0.15) is 170 Å². The largest absolute Gasteiger partial charge is 0.372 e. The number of anilines is 1. The highest BCUT2D eigenvalue weighted by atomic mass is 15.1. The Labute approximate surface area is 346 Å². The molecule has 0 aliphatic heterocycles. The molecule has 0 heterocycles. The van der Waals surface area contributed by atoms with Crippen molar-refractivity contribution in [3.05, 3.63) is 125 Å². The maximum atomic E-state index is 9.21. The van der Waals surface area contributed by atoms with Gasteiger partial charge < -0.3 is 4.90 Å². The lowest BCUT2D eigenvalue weighted by atomic mass is 9.92. The minimum Gasteiger partial charge on any atom is -0.372 e. The summed E-state index contributed by atoms with van der Waals surface area (Å²) < 4.78 is 0. The Balaban J connectivity index is 1.27. The Morgan fingerprint density at radius 1 is 0.368 bits per heavy atom. The minimum atomic E-state index is 0.639. The lowest BCUT2D eigenvalue weighted by Gasteiger charge is -2.25. The highest BCUT2D eigenvalue weighted by Gasteiger charge is 2.12. The SMILES string of the molecule is CCCCCCCCCCCCN(CCCCCCCCCCCC)c1ccc(C#Cc2c3ccccc3c(C#Cc3ccc(C#N)cc3)c3ccccc23)cc1. The molecule has 2 heteroatoms. The Morgan fingerprint density at radius 3 is 1.04 bits per heavy atom. The van der Waals surface area contributed by atoms with Gasteiger partial charge in [0.1, 0.15) is 0 Å². The van der Waals surface area contributed by atoms with Crippen molar-refractivity contribution in [1.29, 1.82) is 5.26 Å². The summed E-state index contributed by atoms with van der Waals surface area (Å²) in [5.74, 6) is 14.0. The van der Waals surface area contributed by atoms with E-state index in [2.05, 4.69) is 121 Å². The molecule has 0 bridgehead atoms. The zero-order chi connectivity index (χ0) is 39.8. The van der Waals surface area contributed by atoms with Crippen LogP contribution in [0.2, 0.25) is 0 Å². The van der Waals surface area contributed by atoms with Gasteiger partial charge in [0, 0.05) is 41.0 Å². The number of hydrogen-bond donors (Lipinski definition) is 0. The van der Waals surface area contributed by atoms with Gasteiger partial charge in [-0.3, -0.25) is 0 Å². The van der Waals surface area contributed by atoms with Crippen LogP contribution >= 0.6 is 0 Å². The zero-order valence-corrected chi connectivity index (χ0v) is 35.2. The Bertz CT molecular complexity index is 2010. The van der Waals surface area contributed by atoms with Gasteiger partial charge >= 0.3 is 0 Å².